The van der Waals surface area contributed by atoms with E-state index in [4.69, 9.17) is 9.84 Å². The minimum atomic E-state index is -1.61. The number of allylic oxidation sites excluding steroid dienone is 1. The summed E-state index contributed by atoms with van der Waals surface area (Å²) in [5.41, 5.74) is 0.580. The molecule has 0 amide bonds. The fourth-order valence-corrected chi connectivity index (χ4v) is 3.58. The van der Waals surface area contributed by atoms with Crippen LogP contribution in [0.2, 0.25) is 0 Å². The monoisotopic (exact) mass is 375 g/mol. The van der Waals surface area contributed by atoms with Crippen LogP contribution in [0.15, 0.2) is 23.3 Å². The fourth-order valence-electron chi connectivity index (χ4n) is 3.58. The Morgan fingerprint density at radius 2 is 2.26 bits per heavy atom. The molecule has 2 N–H and O–H groups in total. The van der Waals surface area contributed by atoms with Crippen LogP contribution in [-0.2, 0) is 0 Å². The zero-order valence-electron chi connectivity index (χ0n) is 14.8. The second-order valence-corrected chi connectivity index (χ2v) is 6.67. The lowest BCUT2D eigenvalue weighted by Gasteiger charge is -2.35. The molecule has 0 aliphatic carbocycles. The highest BCUT2D eigenvalue weighted by molar-refractivity contribution is 5.95. The SMILES string of the molecule is CC1=COc2c(N3CCNC(C)C3)c(F)cc3c(=O)c(OC(=O)O)cn1c23. The molecule has 1 fully saturated rings. The van der Waals surface area contributed by atoms with Gasteiger partial charge >= 0.3 is 6.16 Å². The van der Waals surface area contributed by atoms with Gasteiger partial charge in [0.15, 0.2) is 17.3 Å². The van der Waals surface area contributed by atoms with Crippen molar-refractivity contribution in [2.24, 2.45) is 0 Å². The molecule has 0 radical (unpaired) electrons. The third-order valence-corrected chi connectivity index (χ3v) is 4.75. The zero-order valence-corrected chi connectivity index (χ0v) is 14.8. The van der Waals surface area contributed by atoms with Crippen molar-refractivity contribution < 1.29 is 23.8 Å². The van der Waals surface area contributed by atoms with Gasteiger partial charge in [0.05, 0.1) is 17.3 Å². The molecule has 2 aliphatic heterocycles. The van der Waals surface area contributed by atoms with E-state index in [1.165, 1.54) is 12.5 Å². The molecule has 3 heterocycles. The first-order valence-electron chi connectivity index (χ1n) is 8.51. The van der Waals surface area contributed by atoms with Crippen LogP contribution in [-0.4, -0.2) is 41.5 Å². The number of pyridine rings is 1. The molecule has 1 aromatic heterocycles. The number of piperazine rings is 1. The van der Waals surface area contributed by atoms with Crippen LogP contribution in [0.5, 0.6) is 11.5 Å². The van der Waals surface area contributed by atoms with Gasteiger partial charge in [-0.25, -0.2) is 9.18 Å². The maximum absolute atomic E-state index is 15.0. The molecular formula is C18H18FN3O5. The first kappa shape index (κ1) is 17.3. The Kier molecular flexibility index (Phi) is 4.03. The first-order valence-corrected chi connectivity index (χ1v) is 8.51. The zero-order chi connectivity index (χ0) is 19.3. The summed E-state index contributed by atoms with van der Waals surface area (Å²) in [4.78, 5) is 25.4. The molecule has 1 aromatic carbocycles. The minimum Gasteiger partial charge on any atom is -0.459 e. The van der Waals surface area contributed by atoms with E-state index >= 15 is 4.39 Å². The highest BCUT2D eigenvalue weighted by Gasteiger charge is 2.29. The number of anilines is 1. The summed E-state index contributed by atoms with van der Waals surface area (Å²) in [6, 6.07) is 1.30. The molecule has 0 saturated carbocycles. The molecule has 1 saturated heterocycles. The number of nitrogens with zero attached hydrogens (tertiary/aromatic N) is 2. The lowest BCUT2D eigenvalue weighted by Crippen LogP contribution is -2.49. The van der Waals surface area contributed by atoms with Crippen molar-refractivity contribution in [1.82, 2.24) is 9.88 Å². The van der Waals surface area contributed by atoms with Gasteiger partial charge in [0.1, 0.15) is 17.5 Å². The van der Waals surface area contributed by atoms with Gasteiger partial charge in [0.2, 0.25) is 5.43 Å². The molecule has 142 valence electrons. The first-order chi connectivity index (χ1) is 12.9. The molecule has 2 aliphatic rings. The number of ether oxygens (including phenoxy) is 2. The van der Waals surface area contributed by atoms with E-state index in [0.717, 1.165) is 6.07 Å². The summed E-state index contributed by atoms with van der Waals surface area (Å²) >= 11 is 0. The van der Waals surface area contributed by atoms with Gasteiger partial charge in [0.25, 0.3) is 0 Å². The highest BCUT2D eigenvalue weighted by atomic mass is 19.1. The van der Waals surface area contributed by atoms with Crippen molar-refractivity contribution in [3.8, 4) is 11.5 Å². The lowest BCUT2D eigenvalue weighted by atomic mass is 10.1. The van der Waals surface area contributed by atoms with Gasteiger partial charge in [0, 0.05) is 25.7 Å². The molecule has 1 atom stereocenters. The average molecular weight is 375 g/mol. The standard InChI is InChI=1S/C18H18FN3O5/c1-9-6-21(4-3-20-9)15-12(19)5-11-14-17(15)26-8-10(2)22(14)7-13(16(11)23)27-18(24)25/h5,7-9,20H,3-4,6H2,1-2H3,(H,24,25). The van der Waals surface area contributed by atoms with E-state index in [0.29, 0.717) is 36.5 Å². The number of halogens is 1. The Balaban J connectivity index is 1.99. The van der Waals surface area contributed by atoms with Crippen molar-refractivity contribution in [1.29, 1.82) is 0 Å². The average Bonchev–Trinajstić information content (AvgIpc) is 2.60. The van der Waals surface area contributed by atoms with Gasteiger partial charge in [-0.15, -0.1) is 0 Å². The van der Waals surface area contributed by atoms with Crippen LogP contribution >= 0.6 is 0 Å². The Labute approximate surface area is 153 Å². The predicted molar refractivity (Wildman–Crippen MR) is 97.1 cm³/mol. The van der Waals surface area contributed by atoms with Gasteiger partial charge in [-0.2, -0.15) is 0 Å². The molecule has 0 spiro atoms. The molecule has 9 heteroatoms. The molecule has 2 aromatic rings. The number of carbonyl (C=O) groups is 1. The molecule has 0 bridgehead atoms. The predicted octanol–water partition coefficient (Wildman–Crippen LogP) is 2.21. The van der Waals surface area contributed by atoms with Crippen molar-refractivity contribution in [3.63, 3.8) is 0 Å². The second kappa shape index (κ2) is 6.27. The third-order valence-electron chi connectivity index (χ3n) is 4.75. The Hall–Kier alpha value is -3.07. The van der Waals surface area contributed by atoms with Gasteiger partial charge < -0.3 is 29.4 Å². The van der Waals surface area contributed by atoms with Gasteiger partial charge in [-0.05, 0) is 19.9 Å². The van der Waals surface area contributed by atoms with E-state index in [9.17, 15) is 9.59 Å². The number of aromatic nitrogens is 1. The van der Waals surface area contributed by atoms with Gasteiger partial charge in [-0.3, -0.25) is 4.79 Å². The highest BCUT2D eigenvalue weighted by Crippen LogP contribution is 2.42. The lowest BCUT2D eigenvalue weighted by molar-refractivity contribution is 0.144. The number of carboxylic acid groups (broad SMARTS) is 1. The smallest absolute Gasteiger partial charge is 0.459 e. The molecule has 8 nitrogen and oxygen atoms in total. The maximum atomic E-state index is 15.0. The Morgan fingerprint density at radius 1 is 1.48 bits per heavy atom. The molecule has 1 unspecified atom stereocenters. The number of benzene rings is 1. The molecule has 4 rings (SSSR count). The molecular weight excluding hydrogens is 357 g/mol. The number of nitrogens with one attached hydrogen (secondary N) is 1. The van der Waals surface area contributed by atoms with Crippen LogP contribution in [0, 0.1) is 5.82 Å². The summed E-state index contributed by atoms with van der Waals surface area (Å²) in [5, 5.41) is 12.2. The summed E-state index contributed by atoms with van der Waals surface area (Å²) < 4.78 is 26.9. The largest absolute Gasteiger partial charge is 0.511 e. The van der Waals surface area contributed by atoms with Crippen molar-refractivity contribution >= 4 is 28.4 Å². The van der Waals surface area contributed by atoms with Crippen molar-refractivity contribution in [2.75, 3.05) is 24.5 Å². The maximum Gasteiger partial charge on any atom is 0.511 e. The van der Waals surface area contributed by atoms with Gasteiger partial charge in [-0.1, -0.05) is 0 Å². The number of hydrogen-bond donors (Lipinski definition) is 2. The van der Waals surface area contributed by atoms with E-state index in [1.54, 1.807) is 11.5 Å². The minimum absolute atomic E-state index is 0.000586. The summed E-state index contributed by atoms with van der Waals surface area (Å²) in [6.45, 7) is 5.62. The second-order valence-electron chi connectivity index (χ2n) is 6.67. The van der Waals surface area contributed by atoms with E-state index < -0.39 is 23.2 Å². The van der Waals surface area contributed by atoms with Crippen LogP contribution in [0.3, 0.4) is 0 Å². The van der Waals surface area contributed by atoms with E-state index in [1.807, 2.05) is 11.8 Å². The number of hydrogen-bond acceptors (Lipinski definition) is 6. The van der Waals surface area contributed by atoms with E-state index in [2.05, 4.69) is 10.1 Å². The molecule has 27 heavy (non-hydrogen) atoms. The summed E-state index contributed by atoms with van der Waals surface area (Å²) in [5.74, 6) is -0.752. The summed E-state index contributed by atoms with van der Waals surface area (Å²) in [7, 11) is 0. The van der Waals surface area contributed by atoms with E-state index in [-0.39, 0.29) is 17.2 Å². The van der Waals surface area contributed by atoms with Crippen molar-refractivity contribution in [2.45, 2.75) is 19.9 Å². The normalized spacial score (nSPS) is 18.9. The summed E-state index contributed by atoms with van der Waals surface area (Å²) in [6.07, 6.45) is 1.12. The fraction of sp³-hybridized carbons (Fsp3) is 0.333. The third kappa shape index (κ3) is 2.80. The Bertz CT molecular complexity index is 1050. The van der Waals surface area contributed by atoms with Crippen LogP contribution < -0.4 is 25.1 Å². The topological polar surface area (TPSA) is 93.0 Å². The van der Waals surface area contributed by atoms with Crippen LogP contribution in [0.1, 0.15) is 13.8 Å². The quantitative estimate of drug-likeness (QED) is 0.778. The van der Waals surface area contributed by atoms with Crippen LogP contribution in [0.4, 0.5) is 14.9 Å². The Morgan fingerprint density at radius 3 is 2.96 bits per heavy atom. The number of rotatable bonds is 2. The van der Waals surface area contributed by atoms with Crippen LogP contribution in [0.25, 0.3) is 16.6 Å². The van der Waals surface area contributed by atoms with Crippen molar-refractivity contribution in [3.05, 3.63) is 34.6 Å².